The van der Waals surface area contributed by atoms with Gasteiger partial charge in [-0.15, -0.1) is 0 Å². The summed E-state index contributed by atoms with van der Waals surface area (Å²) in [5.41, 5.74) is 5.22. The zero-order valence-electron chi connectivity index (χ0n) is 14.6. The van der Waals surface area contributed by atoms with E-state index in [4.69, 9.17) is 0 Å². The van der Waals surface area contributed by atoms with Crippen LogP contribution in [-0.2, 0) is 17.8 Å². The summed E-state index contributed by atoms with van der Waals surface area (Å²) >= 11 is 0. The predicted molar refractivity (Wildman–Crippen MR) is 97.0 cm³/mol. The first kappa shape index (κ1) is 18.2. The second-order valence-corrected chi connectivity index (χ2v) is 5.97. The van der Waals surface area contributed by atoms with Crippen LogP contribution in [0.1, 0.15) is 25.3 Å². The third-order valence-electron chi connectivity index (χ3n) is 3.87. The summed E-state index contributed by atoms with van der Waals surface area (Å²) < 4.78 is 0. The van der Waals surface area contributed by atoms with Crippen LogP contribution in [0.15, 0.2) is 35.6 Å². The molecule has 3 aromatic rings. The molecule has 1 aromatic carbocycles. The Morgan fingerprint density at radius 1 is 1.41 bits per heavy atom. The molecule has 0 saturated carbocycles. The Balaban J connectivity index is 1.44. The van der Waals surface area contributed by atoms with Gasteiger partial charge in [-0.25, -0.2) is 5.43 Å². The highest BCUT2D eigenvalue weighted by Gasteiger charge is 2.15. The molecule has 0 spiro atoms. The van der Waals surface area contributed by atoms with Gasteiger partial charge in [-0.3, -0.25) is 4.79 Å². The molecule has 0 atom stereocenters. The number of tetrazole rings is 1. The van der Waals surface area contributed by atoms with E-state index >= 15 is 0 Å². The van der Waals surface area contributed by atoms with E-state index in [1.165, 1.54) is 10.9 Å². The third kappa shape index (κ3) is 4.71. The lowest BCUT2D eigenvalue weighted by Crippen LogP contribution is -2.21. The molecule has 0 unspecified atom stereocenters. The molecule has 11 heteroatoms. The number of nitro groups is 1. The van der Waals surface area contributed by atoms with E-state index in [0.717, 1.165) is 16.7 Å². The van der Waals surface area contributed by atoms with E-state index in [-0.39, 0.29) is 12.5 Å². The van der Waals surface area contributed by atoms with E-state index in [0.29, 0.717) is 18.6 Å². The largest absolute Gasteiger partial charge is 0.514 e. The van der Waals surface area contributed by atoms with Gasteiger partial charge in [0.1, 0.15) is 6.54 Å². The molecule has 0 aliphatic carbocycles. The summed E-state index contributed by atoms with van der Waals surface area (Å²) in [7, 11) is 0. The first-order chi connectivity index (χ1) is 13.0. The molecule has 1 amide bonds. The lowest BCUT2D eigenvalue weighted by atomic mass is 10.1. The molecule has 27 heavy (non-hydrogen) atoms. The van der Waals surface area contributed by atoms with Crippen molar-refractivity contribution in [3.05, 3.63) is 46.1 Å². The van der Waals surface area contributed by atoms with Crippen LogP contribution in [0.3, 0.4) is 0 Å². The second-order valence-electron chi connectivity index (χ2n) is 5.97. The van der Waals surface area contributed by atoms with Crippen molar-refractivity contribution in [2.24, 2.45) is 5.10 Å². The van der Waals surface area contributed by atoms with Gasteiger partial charge in [0, 0.05) is 28.7 Å². The van der Waals surface area contributed by atoms with Gasteiger partial charge >= 0.3 is 5.95 Å². The monoisotopic (exact) mass is 370 g/mol. The van der Waals surface area contributed by atoms with Gasteiger partial charge in [-0.2, -0.15) is 5.10 Å². The Labute approximate surface area is 153 Å². The number of aromatic amines is 1. The highest BCUT2D eigenvalue weighted by atomic mass is 16.6. The molecule has 11 nitrogen and oxygen atoms in total. The summed E-state index contributed by atoms with van der Waals surface area (Å²) in [4.78, 5) is 26.0. The topological polar surface area (TPSA) is 144 Å². The van der Waals surface area contributed by atoms with Crippen LogP contribution in [0.25, 0.3) is 10.9 Å². The molecule has 0 saturated heterocycles. The number of carbonyl (C=O) groups excluding carboxylic acids is 1. The Morgan fingerprint density at radius 3 is 3.00 bits per heavy atom. The number of hydrogen-bond donors (Lipinski definition) is 2. The van der Waals surface area contributed by atoms with E-state index in [1.54, 1.807) is 6.92 Å². The lowest BCUT2D eigenvalue weighted by molar-refractivity contribution is -0.394. The number of aryl methyl sites for hydroxylation is 1. The number of hydrogen-bond acceptors (Lipinski definition) is 7. The van der Waals surface area contributed by atoms with Crippen molar-refractivity contribution in [2.75, 3.05) is 0 Å². The summed E-state index contributed by atoms with van der Waals surface area (Å²) in [6.07, 6.45) is 3.78. The number of fused-ring (bicyclic) bond motifs is 1. The van der Waals surface area contributed by atoms with Crippen LogP contribution in [-0.4, -0.2) is 41.7 Å². The van der Waals surface area contributed by atoms with Gasteiger partial charge in [0.05, 0.1) is 15.9 Å². The molecule has 2 heterocycles. The summed E-state index contributed by atoms with van der Waals surface area (Å²) in [6.45, 7) is 1.75. The van der Waals surface area contributed by atoms with Crippen LogP contribution in [0.4, 0.5) is 5.95 Å². The van der Waals surface area contributed by atoms with Crippen LogP contribution in [0.2, 0.25) is 0 Å². The van der Waals surface area contributed by atoms with Crippen LogP contribution >= 0.6 is 0 Å². The van der Waals surface area contributed by atoms with Crippen molar-refractivity contribution in [3.63, 3.8) is 0 Å². The standard InChI is InChI=1S/C16H18N8O3/c1-11(10-23-21-16(20-22-23)24(26)27)18-19-15(25)8-4-5-12-9-17-14-7-3-2-6-13(12)14/h2-3,6-7,9,17H,4-5,8,10H2,1H3,(H,19,25)/b18-11-. The molecule has 0 radical (unpaired) electrons. The number of hydrazone groups is 1. The van der Waals surface area contributed by atoms with Crippen molar-refractivity contribution in [1.29, 1.82) is 0 Å². The second kappa shape index (κ2) is 8.17. The number of amides is 1. The Bertz CT molecular complexity index is 990. The number of aromatic nitrogens is 5. The number of rotatable bonds is 8. The average Bonchev–Trinajstić information content (AvgIpc) is 3.27. The molecule has 0 aliphatic heterocycles. The predicted octanol–water partition coefficient (Wildman–Crippen LogP) is 1.58. The quantitative estimate of drug-likeness (QED) is 0.350. The Kier molecular flexibility index (Phi) is 5.50. The molecule has 140 valence electrons. The maximum absolute atomic E-state index is 11.9. The van der Waals surface area contributed by atoms with Gasteiger partial charge in [-0.05, 0) is 36.3 Å². The first-order valence-electron chi connectivity index (χ1n) is 8.32. The minimum absolute atomic E-state index is 0.0937. The summed E-state index contributed by atoms with van der Waals surface area (Å²) in [5.74, 6) is -0.782. The normalized spacial score (nSPS) is 11.7. The number of carbonyl (C=O) groups is 1. The number of H-pyrrole nitrogens is 1. The molecule has 2 N–H and O–H groups in total. The number of para-hydroxylation sites is 1. The van der Waals surface area contributed by atoms with Crippen LogP contribution in [0, 0.1) is 10.1 Å². The van der Waals surface area contributed by atoms with Crippen molar-refractivity contribution in [2.45, 2.75) is 32.7 Å². The SMILES string of the molecule is C/C(Cn1nnc([N+](=O)[O-])n1)=N/NC(=O)CCCc1c[nH]c2ccccc12. The van der Waals surface area contributed by atoms with Gasteiger partial charge in [0.15, 0.2) is 0 Å². The maximum Gasteiger partial charge on any atom is 0.514 e. The van der Waals surface area contributed by atoms with E-state index in [2.05, 4.69) is 37.0 Å². The van der Waals surface area contributed by atoms with Gasteiger partial charge in [-0.1, -0.05) is 23.0 Å². The smallest absolute Gasteiger partial charge is 0.390 e. The van der Waals surface area contributed by atoms with Gasteiger partial charge in [0.2, 0.25) is 5.91 Å². The minimum atomic E-state index is -0.731. The average molecular weight is 370 g/mol. The molecule has 2 aromatic heterocycles. The molecule has 0 bridgehead atoms. The van der Waals surface area contributed by atoms with Crippen molar-refractivity contribution < 1.29 is 9.72 Å². The Morgan fingerprint density at radius 2 is 2.22 bits per heavy atom. The summed E-state index contributed by atoms with van der Waals surface area (Å²) in [5, 5.41) is 26.0. The van der Waals surface area contributed by atoms with Crippen LogP contribution in [0.5, 0.6) is 0 Å². The minimum Gasteiger partial charge on any atom is -0.390 e. The molecular formula is C16H18N8O3. The highest BCUT2D eigenvalue weighted by Crippen LogP contribution is 2.19. The number of nitrogens with one attached hydrogen (secondary N) is 2. The fourth-order valence-corrected chi connectivity index (χ4v) is 2.61. The maximum atomic E-state index is 11.9. The van der Waals surface area contributed by atoms with Crippen molar-refractivity contribution in [3.8, 4) is 0 Å². The highest BCUT2D eigenvalue weighted by molar-refractivity contribution is 5.84. The fraction of sp³-hybridized carbons (Fsp3) is 0.312. The van der Waals surface area contributed by atoms with E-state index < -0.39 is 10.9 Å². The van der Waals surface area contributed by atoms with Crippen LogP contribution < -0.4 is 5.43 Å². The number of benzene rings is 1. The molecule has 3 rings (SSSR count). The van der Waals surface area contributed by atoms with Gasteiger partial charge < -0.3 is 15.1 Å². The zero-order valence-corrected chi connectivity index (χ0v) is 14.6. The van der Waals surface area contributed by atoms with E-state index in [1.807, 2.05) is 24.4 Å². The Hall–Kier alpha value is -3.63. The summed E-state index contributed by atoms with van der Waals surface area (Å²) in [6, 6.07) is 8.03. The first-order valence-corrected chi connectivity index (χ1v) is 8.32. The van der Waals surface area contributed by atoms with Gasteiger partial charge in [0.25, 0.3) is 0 Å². The number of nitrogens with zero attached hydrogens (tertiary/aromatic N) is 6. The zero-order chi connectivity index (χ0) is 19.2. The third-order valence-corrected chi connectivity index (χ3v) is 3.87. The fourth-order valence-electron chi connectivity index (χ4n) is 2.61. The van der Waals surface area contributed by atoms with E-state index in [9.17, 15) is 14.9 Å². The lowest BCUT2D eigenvalue weighted by Gasteiger charge is -2.02. The van der Waals surface area contributed by atoms with Crippen molar-refractivity contribution in [1.82, 2.24) is 30.6 Å². The molecular weight excluding hydrogens is 352 g/mol. The molecule has 0 fully saturated rings. The van der Waals surface area contributed by atoms with Crippen molar-refractivity contribution >= 4 is 28.5 Å². The molecule has 0 aliphatic rings.